The van der Waals surface area contributed by atoms with Crippen LogP contribution in [0.2, 0.25) is 0 Å². The Morgan fingerprint density at radius 1 is 1.09 bits per heavy atom. The Hall–Kier alpha value is -1.46. The lowest BCUT2D eigenvalue weighted by atomic mass is 10.1. The van der Waals surface area contributed by atoms with E-state index in [1.807, 2.05) is 31.2 Å². The van der Waals surface area contributed by atoms with Gasteiger partial charge < -0.3 is 9.47 Å². The summed E-state index contributed by atoms with van der Waals surface area (Å²) >= 11 is 5.03. The van der Waals surface area contributed by atoms with Gasteiger partial charge in [0.15, 0.2) is 17.3 Å². The molecule has 0 amide bonds. The van der Waals surface area contributed by atoms with Crippen LogP contribution in [0.4, 0.5) is 0 Å². The smallest absolute Gasteiger partial charge is 0.176 e. The predicted octanol–water partition coefficient (Wildman–Crippen LogP) is 4.83. The second kappa shape index (κ2) is 7.70. The molecule has 22 heavy (non-hydrogen) atoms. The van der Waals surface area contributed by atoms with E-state index < -0.39 is 0 Å². The summed E-state index contributed by atoms with van der Waals surface area (Å²) in [6.07, 6.45) is 0. The van der Waals surface area contributed by atoms with Crippen LogP contribution in [0.5, 0.6) is 11.5 Å². The normalized spacial score (nSPS) is 11.8. The van der Waals surface area contributed by atoms with Gasteiger partial charge in [0, 0.05) is 14.9 Å². The quantitative estimate of drug-likeness (QED) is 0.530. The molecule has 1 unspecified atom stereocenters. The molecule has 0 saturated heterocycles. The van der Waals surface area contributed by atoms with E-state index in [1.54, 1.807) is 32.4 Å². The summed E-state index contributed by atoms with van der Waals surface area (Å²) in [5.41, 5.74) is 0.615. The van der Waals surface area contributed by atoms with Gasteiger partial charge >= 0.3 is 0 Å². The number of thioether (sulfide) groups is 1. The molecule has 5 heteroatoms. The standard InChI is InChI=1S/C17H17BrO3S/c1-11(22-16-7-5-4-6-13(16)18)17(19)12-8-9-14(20-2)15(10-12)21-3/h4-11H,1-3H3. The molecule has 0 aliphatic heterocycles. The first-order valence-electron chi connectivity index (χ1n) is 6.74. The summed E-state index contributed by atoms with van der Waals surface area (Å²) < 4.78 is 11.4. The number of carbonyl (C=O) groups excluding carboxylic acids is 1. The average Bonchev–Trinajstić information content (AvgIpc) is 2.55. The highest BCUT2D eigenvalue weighted by Crippen LogP contribution is 2.33. The molecular weight excluding hydrogens is 364 g/mol. The fourth-order valence-electron chi connectivity index (χ4n) is 2.01. The van der Waals surface area contributed by atoms with E-state index in [9.17, 15) is 4.79 Å². The van der Waals surface area contributed by atoms with Crippen LogP contribution in [-0.2, 0) is 0 Å². The van der Waals surface area contributed by atoms with Crippen molar-refractivity contribution in [2.45, 2.75) is 17.1 Å². The Morgan fingerprint density at radius 3 is 2.41 bits per heavy atom. The van der Waals surface area contributed by atoms with Crippen molar-refractivity contribution >= 4 is 33.5 Å². The lowest BCUT2D eigenvalue weighted by molar-refractivity contribution is 0.0993. The molecule has 0 radical (unpaired) electrons. The molecule has 0 aliphatic carbocycles. The highest BCUT2D eigenvalue weighted by atomic mass is 79.9. The maximum Gasteiger partial charge on any atom is 0.176 e. The largest absolute Gasteiger partial charge is 0.493 e. The van der Waals surface area contributed by atoms with Crippen LogP contribution in [0.1, 0.15) is 17.3 Å². The second-order valence-electron chi connectivity index (χ2n) is 4.62. The van der Waals surface area contributed by atoms with E-state index in [1.165, 1.54) is 11.8 Å². The number of hydrogen-bond donors (Lipinski definition) is 0. The topological polar surface area (TPSA) is 35.5 Å². The molecule has 3 nitrogen and oxygen atoms in total. The van der Waals surface area contributed by atoms with E-state index in [4.69, 9.17) is 9.47 Å². The molecule has 2 rings (SSSR count). The van der Waals surface area contributed by atoms with Gasteiger partial charge in [0.25, 0.3) is 0 Å². The Morgan fingerprint density at radius 2 is 1.77 bits per heavy atom. The van der Waals surface area contributed by atoms with Crippen molar-refractivity contribution in [1.82, 2.24) is 0 Å². The summed E-state index contributed by atoms with van der Waals surface area (Å²) in [5.74, 6) is 1.23. The minimum Gasteiger partial charge on any atom is -0.493 e. The van der Waals surface area contributed by atoms with E-state index >= 15 is 0 Å². The van der Waals surface area contributed by atoms with Gasteiger partial charge in [-0.2, -0.15) is 0 Å². The van der Waals surface area contributed by atoms with Crippen molar-refractivity contribution < 1.29 is 14.3 Å². The number of rotatable bonds is 6. The minimum atomic E-state index is -0.197. The van der Waals surface area contributed by atoms with Crippen molar-refractivity contribution in [3.8, 4) is 11.5 Å². The number of ether oxygens (including phenoxy) is 2. The van der Waals surface area contributed by atoms with Gasteiger partial charge in [-0.15, -0.1) is 11.8 Å². The number of ketones is 1. The van der Waals surface area contributed by atoms with E-state index in [0.717, 1.165) is 9.37 Å². The Balaban J connectivity index is 2.19. The number of hydrogen-bond acceptors (Lipinski definition) is 4. The SMILES string of the molecule is COc1ccc(C(=O)C(C)Sc2ccccc2Br)cc1OC. The summed E-state index contributed by atoms with van der Waals surface area (Å²) in [6, 6.07) is 13.1. The molecule has 0 bridgehead atoms. The highest BCUT2D eigenvalue weighted by Gasteiger charge is 2.19. The van der Waals surface area contributed by atoms with Gasteiger partial charge in [-0.1, -0.05) is 12.1 Å². The van der Waals surface area contributed by atoms with Gasteiger partial charge in [-0.25, -0.2) is 0 Å². The third kappa shape index (κ3) is 3.84. The van der Waals surface area contributed by atoms with Gasteiger partial charge in [0.2, 0.25) is 0 Å². The molecule has 0 N–H and O–H groups in total. The predicted molar refractivity (Wildman–Crippen MR) is 93.3 cm³/mol. The summed E-state index contributed by atoms with van der Waals surface area (Å²) in [7, 11) is 3.14. The Bertz CT molecular complexity index is 673. The van der Waals surface area contributed by atoms with Crippen LogP contribution in [-0.4, -0.2) is 25.3 Å². The molecule has 0 aliphatic rings. The zero-order valence-corrected chi connectivity index (χ0v) is 15.0. The molecule has 0 aromatic heterocycles. The molecular formula is C17H17BrO3S. The maximum absolute atomic E-state index is 12.6. The molecule has 2 aromatic carbocycles. The monoisotopic (exact) mass is 380 g/mol. The molecule has 0 spiro atoms. The van der Waals surface area contributed by atoms with Crippen molar-refractivity contribution in [3.05, 3.63) is 52.5 Å². The van der Waals surface area contributed by atoms with Crippen LogP contribution < -0.4 is 9.47 Å². The zero-order chi connectivity index (χ0) is 16.1. The van der Waals surface area contributed by atoms with Crippen LogP contribution in [0, 0.1) is 0 Å². The van der Waals surface area contributed by atoms with Crippen LogP contribution in [0.25, 0.3) is 0 Å². The van der Waals surface area contributed by atoms with Crippen molar-refractivity contribution in [2.75, 3.05) is 14.2 Å². The molecule has 2 aromatic rings. The fraction of sp³-hybridized carbons (Fsp3) is 0.235. The summed E-state index contributed by atoms with van der Waals surface area (Å²) in [5, 5.41) is -0.197. The van der Waals surface area contributed by atoms with Gasteiger partial charge in [-0.05, 0) is 53.2 Å². The first-order chi connectivity index (χ1) is 10.6. The number of methoxy groups -OCH3 is 2. The highest BCUT2D eigenvalue weighted by molar-refractivity contribution is 9.10. The van der Waals surface area contributed by atoms with Crippen LogP contribution >= 0.6 is 27.7 Å². The van der Waals surface area contributed by atoms with Crippen molar-refractivity contribution in [3.63, 3.8) is 0 Å². The third-order valence-corrected chi connectivity index (χ3v) is 5.31. The number of carbonyl (C=O) groups is 1. The number of benzene rings is 2. The van der Waals surface area contributed by atoms with Gasteiger partial charge in [0.05, 0.1) is 19.5 Å². The zero-order valence-electron chi connectivity index (χ0n) is 12.6. The minimum absolute atomic E-state index is 0.0571. The summed E-state index contributed by atoms with van der Waals surface area (Å²) in [4.78, 5) is 13.6. The first kappa shape index (κ1) is 16.9. The molecule has 0 fully saturated rings. The number of Topliss-reactive ketones (excluding diaryl/α,β-unsaturated/α-hetero) is 1. The lowest BCUT2D eigenvalue weighted by Crippen LogP contribution is -2.13. The average molecular weight is 381 g/mol. The van der Waals surface area contributed by atoms with Crippen LogP contribution in [0.15, 0.2) is 51.8 Å². The van der Waals surface area contributed by atoms with Gasteiger partial charge in [0.1, 0.15) is 0 Å². The molecule has 0 saturated carbocycles. The van der Waals surface area contributed by atoms with Crippen LogP contribution in [0.3, 0.4) is 0 Å². The number of halogens is 1. The third-order valence-electron chi connectivity index (χ3n) is 3.18. The molecule has 116 valence electrons. The van der Waals surface area contributed by atoms with E-state index in [0.29, 0.717) is 17.1 Å². The van der Waals surface area contributed by atoms with Crippen molar-refractivity contribution in [2.24, 2.45) is 0 Å². The molecule has 0 heterocycles. The second-order valence-corrected chi connectivity index (χ2v) is 6.86. The lowest BCUT2D eigenvalue weighted by Gasteiger charge is -2.13. The van der Waals surface area contributed by atoms with E-state index in [2.05, 4.69) is 15.9 Å². The maximum atomic E-state index is 12.6. The van der Waals surface area contributed by atoms with Gasteiger partial charge in [-0.3, -0.25) is 4.79 Å². The summed E-state index contributed by atoms with van der Waals surface area (Å²) in [6.45, 7) is 1.91. The molecule has 1 atom stereocenters. The first-order valence-corrected chi connectivity index (χ1v) is 8.41. The van der Waals surface area contributed by atoms with Crippen molar-refractivity contribution in [1.29, 1.82) is 0 Å². The Labute approximate surface area is 143 Å². The van der Waals surface area contributed by atoms with E-state index in [-0.39, 0.29) is 11.0 Å². The fourth-order valence-corrected chi connectivity index (χ4v) is 3.54. The Kier molecular flexibility index (Phi) is 5.91.